The molecule has 4 nitrogen and oxygen atoms in total. The lowest BCUT2D eigenvalue weighted by atomic mass is 10.0. The van der Waals surface area contributed by atoms with Gasteiger partial charge in [0.1, 0.15) is 0 Å². The first-order valence-corrected chi connectivity index (χ1v) is 3.07. The number of hydrogen-bond acceptors (Lipinski definition) is 3. The molecule has 0 aromatic heterocycles. The van der Waals surface area contributed by atoms with Crippen molar-refractivity contribution >= 4 is 11.9 Å². The fraction of sp³-hybridized carbons (Fsp3) is 0.667. The Morgan fingerprint density at radius 2 is 2.00 bits per heavy atom. The molecule has 0 N–H and O–H groups in total. The van der Waals surface area contributed by atoms with Crippen LogP contribution in [0, 0.1) is 5.92 Å². The Bertz CT molecular complexity index is 154. The fourth-order valence-corrected chi connectivity index (χ4v) is 0.885. The van der Waals surface area contributed by atoms with Crippen LogP contribution in [0.2, 0.25) is 0 Å². The first kappa shape index (κ1) is 7.05. The van der Waals surface area contributed by atoms with Gasteiger partial charge >= 0.3 is 0 Å². The van der Waals surface area contributed by atoms with E-state index in [-0.39, 0.29) is 5.91 Å². The minimum Gasteiger partial charge on any atom is -0.550 e. The molecule has 1 saturated heterocycles. The number of rotatable bonds is 1. The zero-order valence-electron chi connectivity index (χ0n) is 5.66. The molecule has 10 heavy (non-hydrogen) atoms. The SMILES string of the molecule is CC(=O)N1CC(C(=O)[O-])C1. The Hall–Kier alpha value is -1.06. The number of amides is 1. The van der Waals surface area contributed by atoms with Gasteiger partial charge in [-0.25, -0.2) is 0 Å². The van der Waals surface area contributed by atoms with Gasteiger partial charge in [0.05, 0.1) is 0 Å². The van der Waals surface area contributed by atoms with Crippen molar-refractivity contribution in [2.75, 3.05) is 13.1 Å². The van der Waals surface area contributed by atoms with Gasteiger partial charge in [0.2, 0.25) is 5.91 Å². The van der Waals surface area contributed by atoms with Crippen molar-refractivity contribution in [3.63, 3.8) is 0 Å². The van der Waals surface area contributed by atoms with Crippen molar-refractivity contribution in [2.24, 2.45) is 5.92 Å². The second kappa shape index (κ2) is 2.28. The van der Waals surface area contributed by atoms with Crippen LogP contribution in [0.5, 0.6) is 0 Å². The normalized spacial score (nSPS) is 18.3. The lowest BCUT2D eigenvalue weighted by molar-refractivity contribution is -0.315. The summed E-state index contributed by atoms with van der Waals surface area (Å²) in [5.74, 6) is -1.57. The van der Waals surface area contributed by atoms with Gasteiger partial charge in [-0.1, -0.05) is 0 Å². The van der Waals surface area contributed by atoms with Crippen LogP contribution in [0.25, 0.3) is 0 Å². The summed E-state index contributed by atoms with van der Waals surface area (Å²) in [5, 5.41) is 10.1. The van der Waals surface area contributed by atoms with Gasteiger partial charge in [-0.3, -0.25) is 4.79 Å². The van der Waals surface area contributed by atoms with Crippen LogP contribution in [0.15, 0.2) is 0 Å². The number of carbonyl (C=O) groups is 2. The minimum atomic E-state index is -1.06. The summed E-state index contributed by atoms with van der Waals surface area (Å²) in [6.07, 6.45) is 0. The van der Waals surface area contributed by atoms with E-state index >= 15 is 0 Å². The zero-order chi connectivity index (χ0) is 7.72. The number of likely N-dealkylation sites (tertiary alicyclic amines) is 1. The van der Waals surface area contributed by atoms with E-state index < -0.39 is 11.9 Å². The quantitative estimate of drug-likeness (QED) is 0.434. The molecular weight excluding hydrogens is 134 g/mol. The average Bonchev–Trinajstić information content (AvgIpc) is 1.56. The third kappa shape index (κ3) is 1.10. The van der Waals surface area contributed by atoms with Gasteiger partial charge in [-0.2, -0.15) is 0 Å². The van der Waals surface area contributed by atoms with Gasteiger partial charge in [-0.15, -0.1) is 0 Å². The summed E-state index contributed by atoms with van der Waals surface area (Å²) in [7, 11) is 0. The van der Waals surface area contributed by atoms with Gasteiger partial charge in [-0.05, 0) is 0 Å². The van der Waals surface area contributed by atoms with E-state index in [0.717, 1.165) is 0 Å². The second-order valence-corrected chi connectivity index (χ2v) is 2.44. The van der Waals surface area contributed by atoms with Crippen LogP contribution < -0.4 is 5.11 Å². The van der Waals surface area contributed by atoms with Gasteiger partial charge in [0, 0.05) is 31.9 Å². The Kier molecular flexibility index (Phi) is 1.61. The Labute approximate surface area is 58.4 Å². The predicted octanol–water partition coefficient (Wildman–Crippen LogP) is -1.79. The van der Waals surface area contributed by atoms with Crippen LogP contribution >= 0.6 is 0 Å². The van der Waals surface area contributed by atoms with Crippen molar-refractivity contribution < 1.29 is 14.7 Å². The highest BCUT2D eigenvalue weighted by Gasteiger charge is 2.28. The number of carboxylic acids is 1. The van der Waals surface area contributed by atoms with Crippen LogP contribution in [0.1, 0.15) is 6.92 Å². The van der Waals surface area contributed by atoms with Crippen molar-refractivity contribution in [2.45, 2.75) is 6.92 Å². The highest BCUT2D eigenvalue weighted by molar-refractivity contribution is 5.78. The lowest BCUT2D eigenvalue weighted by Gasteiger charge is -2.38. The molecule has 1 amide bonds. The maximum Gasteiger partial charge on any atom is 0.219 e. The van der Waals surface area contributed by atoms with Crippen molar-refractivity contribution in [3.05, 3.63) is 0 Å². The van der Waals surface area contributed by atoms with E-state index in [1.165, 1.54) is 11.8 Å². The zero-order valence-corrected chi connectivity index (χ0v) is 5.66. The van der Waals surface area contributed by atoms with E-state index in [1.807, 2.05) is 0 Å². The molecule has 1 heterocycles. The molecule has 0 aromatic carbocycles. The second-order valence-electron chi connectivity index (χ2n) is 2.44. The third-order valence-corrected chi connectivity index (χ3v) is 1.66. The summed E-state index contributed by atoms with van der Waals surface area (Å²) in [5.41, 5.74) is 0. The van der Waals surface area contributed by atoms with Crippen LogP contribution in [-0.4, -0.2) is 29.9 Å². The predicted molar refractivity (Wildman–Crippen MR) is 30.8 cm³/mol. The van der Waals surface area contributed by atoms with Gasteiger partial charge < -0.3 is 14.8 Å². The maximum atomic E-state index is 10.5. The van der Waals surface area contributed by atoms with Crippen molar-refractivity contribution in [3.8, 4) is 0 Å². The standard InChI is InChI=1S/C6H9NO3/c1-4(8)7-2-5(3-7)6(9)10/h5H,2-3H2,1H3,(H,9,10)/p-1. The van der Waals surface area contributed by atoms with Crippen LogP contribution in [0.4, 0.5) is 0 Å². The average molecular weight is 142 g/mol. The molecule has 1 rings (SSSR count). The summed E-state index contributed by atoms with van der Waals surface area (Å²) in [4.78, 5) is 22.1. The van der Waals surface area contributed by atoms with Crippen molar-refractivity contribution in [1.29, 1.82) is 0 Å². The number of carbonyl (C=O) groups excluding carboxylic acids is 2. The summed E-state index contributed by atoms with van der Waals surface area (Å²) < 4.78 is 0. The molecule has 0 saturated carbocycles. The minimum absolute atomic E-state index is 0.0718. The molecule has 0 aromatic rings. The molecule has 0 unspecified atom stereocenters. The first-order valence-electron chi connectivity index (χ1n) is 3.07. The molecule has 0 spiro atoms. The van der Waals surface area contributed by atoms with Gasteiger partial charge in [0.15, 0.2) is 0 Å². The Morgan fingerprint density at radius 1 is 1.50 bits per heavy atom. The Balaban J connectivity index is 2.31. The number of carboxylic acid groups (broad SMARTS) is 1. The van der Waals surface area contributed by atoms with E-state index in [1.54, 1.807) is 0 Å². The number of aliphatic carboxylic acids is 1. The molecule has 4 heteroatoms. The molecular formula is C6H8NO3-. The first-order chi connectivity index (χ1) is 4.61. The maximum absolute atomic E-state index is 10.5. The molecule has 56 valence electrons. The summed E-state index contributed by atoms with van der Waals surface area (Å²) in [6.45, 7) is 2.06. The highest BCUT2D eigenvalue weighted by Crippen LogP contribution is 2.13. The fourth-order valence-electron chi connectivity index (χ4n) is 0.885. The largest absolute Gasteiger partial charge is 0.550 e. The number of hydrogen-bond donors (Lipinski definition) is 0. The molecule has 1 fully saturated rings. The van der Waals surface area contributed by atoms with E-state index in [9.17, 15) is 14.7 Å². The van der Waals surface area contributed by atoms with Crippen molar-refractivity contribution in [1.82, 2.24) is 4.90 Å². The monoisotopic (exact) mass is 142 g/mol. The lowest BCUT2D eigenvalue weighted by Crippen LogP contribution is -2.55. The van der Waals surface area contributed by atoms with Crippen LogP contribution in [-0.2, 0) is 9.59 Å². The Morgan fingerprint density at radius 3 is 2.30 bits per heavy atom. The molecule has 0 bridgehead atoms. The van der Waals surface area contributed by atoms with E-state index in [2.05, 4.69) is 0 Å². The summed E-state index contributed by atoms with van der Waals surface area (Å²) >= 11 is 0. The molecule has 0 aliphatic carbocycles. The highest BCUT2D eigenvalue weighted by atomic mass is 16.4. The third-order valence-electron chi connectivity index (χ3n) is 1.66. The molecule has 0 radical (unpaired) electrons. The smallest absolute Gasteiger partial charge is 0.219 e. The molecule has 0 atom stereocenters. The van der Waals surface area contributed by atoms with E-state index in [0.29, 0.717) is 13.1 Å². The van der Waals surface area contributed by atoms with Gasteiger partial charge in [0.25, 0.3) is 0 Å². The van der Waals surface area contributed by atoms with E-state index in [4.69, 9.17) is 0 Å². The summed E-state index contributed by atoms with van der Waals surface area (Å²) in [6, 6.07) is 0. The molecule has 1 aliphatic heterocycles. The molecule has 1 aliphatic rings. The van der Waals surface area contributed by atoms with Crippen LogP contribution in [0.3, 0.4) is 0 Å². The topological polar surface area (TPSA) is 60.4 Å². The number of nitrogens with zero attached hydrogens (tertiary/aromatic N) is 1.